The number of hydrogen-bond acceptors (Lipinski definition) is 3. The van der Waals surface area contributed by atoms with Gasteiger partial charge >= 0.3 is 0 Å². The Kier molecular flexibility index (Phi) is 4.44. The lowest BCUT2D eigenvalue weighted by Gasteiger charge is -2.31. The van der Waals surface area contributed by atoms with Gasteiger partial charge in [-0.1, -0.05) is 25.1 Å². The Morgan fingerprint density at radius 1 is 1.29 bits per heavy atom. The topological polar surface area (TPSA) is 41.6 Å². The molecule has 1 aromatic carbocycles. The van der Waals surface area contributed by atoms with Crippen molar-refractivity contribution in [3.05, 3.63) is 29.8 Å². The highest BCUT2D eigenvalue weighted by molar-refractivity contribution is 5.78. The Hall–Kier alpha value is -1.55. The van der Waals surface area contributed by atoms with Crippen LogP contribution in [0.4, 0.5) is 0 Å². The Morgan fingerprint density at radius 3 is 2.86 bits per heavy atom. The summed E-state index contributed by atoms with van der Waals surface area (Å²) in [6.07, 6.45) is 3.25. The Bertz CT molecular complexity index is 495. The predicted octanol–water partition coefficient (Wildman–Crippen LogP) is 2.36. The summed E-state index contributed by atoms with van der Waals surface area (Å²) in [6.45, 7) is 5.56. The smallest absolute Gasteiger partial charge is 0.234 e. The van der Waals surface area contributed by atoms with Crippen LogP contribution >= 0.6 is 0 Å². The van der Waals surface area contributed by atoms with E-state index in [9.17, 15) is 4.79 Å². The number of carbonyl (C=O) groups excluding carboxylic acids is 1. The first-order valence-corrected chi connectivity index (χ1v) is 7.96. The zero-order chi connectivity index (χ0) is 14.7. The van der Waals surface area contributed by atoms with Crippen molar-refractivity contribution < 1.29 is 9.53 Å². The number of hydrogen-bond donors (Lipinski definition) is 1. The number of para-hydroxylation sites is 1. The van der Waals surface area contributed by atoms with Gasteiger partial charge in [-0.2, -0.15) is 0 Å². The van der Waals surface area contributed by atoms with E-state index in [2.05, 4.69) is 17.1 Å². The van der Waals surface area contributed by atoms with Crippen molar-refractivity contribution in [2.75, 3.05) is 26.2 Å². The van der Waals surface area contributed by atoms with Gasteiger partial charge in [0, 0.05) is 12.0 Å². The zero-order valence-corrected chi connectivity index (χ0v) is 12.7. The first-order valence-electron chi connectivity index (χ1n) is 7.96. The second kappa shape index (κ2) is 6.48. The number of benzene rings is 1. The normalized spacial score (nSPS) is 23.2. The molecule has 0 spiro atoms. The molecule has 1 atom stereocenters. The maximum absolute atomic E-state index is 12.3. The molecule has 0 saturated carbocycles. The van der Waals surface area contributed by atoms with Gasteiger partial charge in [0.25, 0.3) is 0 Å². The third-order valence-corrected chi connectivity index (χ3v) is 4.54. The van der Waals surface area contributed by atoms with Gasteiger partial charge < -0.3 is 10.1 Å². The van der Waals surface area contributed by atoms with E-state index in [4.69, 9.17) is 4.74 Å². The van der Waals surface area contributed by atoms with E-state index in [0.717, 1.165) is 36.7 Å². The minimum Gasteiger partial charge on any atom is -0.493 e. The van der Waals surface area contributed by atoms with Crippen molar-refractivity contribution in [1.82, 2.24) is 10.2 Å². The summed E-state index contributed by atoms with van der Waals surface area (Å²) in [5, 5.41) is 3.17. The zero-order valence-electron chi connectivity index (χ0n) is 12.7. The number of carbonyl (C=O) groups is 1. The molecule has 1 unspecified atom stereocenters. The minimum absolute atomic E-state index is 0.0890. The Labute approximate surface area is 126 Å². The third kappa shape index (κ3) is 3.56. The van der Waals surface area contributed by atoms with E-state index in [0.29, 0.717) is 13.2 Å². The second-order valence-electron chi connectivity index (χ2n) is 6.25. The number of likely N-dealkylation sites (tertiary alicyclic amines) is 1. The number of fused-ring (bicyclic) bond motifs is 1. The van der Waals surface area contributed by atoms with Gasteiger partial charge in [-0.3, -0.25) is 9.69 Å². The fraction of sp³-hybridized carbons (Fsp3) is 0.588. The van der Waals surface area contributed by atoms with Gasteiger partial charge in [-0.15, -0.1) is 0 Å². The standard InChI is InChI=1S/C17H24N2O2/c1-13-6-9-19(10-7-13)12-17(20)18-15-8-11-21-16-5-3-2-4-14(15)16/h2-5,13,15H,6-12H2,1H3,(H,18,20). The largest absolute Gasteiger partial charge is 0.493 e. The van der Waals surface area contributed by atoms with Crippen LogP contribution in [0.2, 0.25) is 0 Å². The molecule has 3 rings (SSSR count). The van der Waals surface area contributed by atoms with Crippen LogP contribution in [0.3, 0.4) is 0 Å². The average Bonchev–Trinajstić information content (AvgIpc) is 2.50. The lowest BCUT2D eigenvalue weighted by atomic mass is 9.99. The van der Waals surface area contributed by atoms with Crippen LogP contribution in [0.25, 0.3) is 0 Å². The van der Waals surface area contributed by atoms with E-state index in [-0.39, 0.29) is 11.9 Å². The lowest BCUT2D eigenvalue weighted by molar-refractivity contribution is -0.123. The summed E-state index contributed by atoms with van der Waals surface area (Å²) in [5.41, 5.74) is 1.10. The maximum Gasteiger partial charge on any atom is 0.234 e. The summed E-state index contributed by atoms with van der Waals surface area (Å²) < 4.78 is 5.64. The van der Waals surface area contributed by atoms with E-state index in [1.54, 1.807) is 0 Å². The second-order valence-corrected chi connectivity index (χ2v) is 6.25. The molecule has 1 amide bonds. The third-order valence-electron chi connectivity index (χ3n) is 4.54. The van der Waals surface area contributed by atoms with Gasteiger partial charge in [0.2, 0.25) is 5.91 Å². The van der Waals surface area contributed by atoms with E-state index >= 15 is 0 Å². The molecule has 21 heavy (non-hydrogen) atoms. The molecule has 0 radical (unpaired) electrons. The molecule has 2 heterocycles. The number of rotatable bonds is 3. The molecule has 114 valence electrons. The van der Waals surface area contributed by atoms with Gasteiger partial charge in [0.05, 0.1) is 19.2 Å². The minimum atomic E-state index is 0.0890. The van der Waals surface area contributed by atoms with Crippen LogP contribution in [0.15, 0.2) is 24.3 Å². The van der Waals surface area contributed by atoms with Crippen molar-refractivity contribution in [2.24, 2.45) is 5.92 Å². The van der Waals surface area contributed by atoms with E-state index in [1.165, 1.54) is 12.8 Å². The van der Waals surface area contributed by atoms with Crippen LogP contribution in [-0.2, 0) is 4.79 Å². The van der Waals surface area contributed by atoms with Crippen LogP contribution in [0.5, 0.6) is 5.75 Å². The molecule has 1 aromatic rings. The molecule has 4 heteroatoms. The first-order chi connectivity index (χ1) is 10.2. The highest BCUT2D eigenvalue weighted by Crippen LogP contribution is 2.31. The first kappa shape index (κ1) is 14.4. The fourth-order valence-corrected chi connectivity index (χ4v) is 3.16. The molecule has 0 aromatic heterocycles. The van der Waals surface area contributed by atoms with Crippen molar-refractivity contribution in [3.63, 3.8) is 0 Å². The highest BCUT2D eigenvalue weighted by Gasteiger charge is 2.24. The molecule has 4 nitrogen and oxygen atoms in total. The molecule has 1 N–H and O–H groups in total. The fourth-order valence-electron chi connectivity index (χ4n) is 3.16. The van der Waals surface area contributed by atoms with Gasteiger partial charge in [-0.25, -0.2) is 0 Å². The van der Waals surface area contributed by atoms with Crippen LogP contribution in [0.1, 0.15) is 37.8 Å². The predicted molar refractivity (Wildman–Crippen MR) is 82.3 cm³/mol. The van der Waals surface area contributed by atoms with Crippen LogP contribution in [0, 0.1) is 5.92 Å². The summed E-state index contributed by atoms with van der Waals surface area (Å²) in [6, 6.07) is 8.07. The average molecular weight is 288 g/mol. The number of amides is 1. The Morgan fingerprint density at radius 2 is 2.05 bits per heavy atom. The maximum atomic E-state index is 12.3. The van der Waals surface area contributed by atoms with Crippen LogP contribution in [-0.4, -0.2) is 37.0 Å². The SMILES string of the molecule is CC1CCN(CC(=O)NC2CCOc3ccccc32)CC1. The summed E-state index contributed by atoms with van der Waals surface area (Å²) in [7, 11) is 0. The molecular weight excluding hydrogens is 264 g/mol. The number of piperidine rings is 1. The molecular formula is C17H24N2O2. The number of nitrogens with one attached hydrogen (secondary N) is 1. The van der Waals surface area contributed by atoms with Gasteiger partial charge in [-0.05, 0) is 37.9 Å². The summed E-state index contributed by atoms with van der Waals surface area (Å²) >= 11 is 0. The molecule has 0 aliphatic carbocycles. The number of ether oxygens (including phenoxy) is 1. The molecule has 2 aliphatic rings. The van der Waals surface area contributed by atoms with Crippen LogP contribution < -0.4 is 10.1 Å². The van der Waals surface area contributed by atoms with E-state index in [1.807, 2.05) is 24.3 Å². The number of nitrogens with zero attached hydrogens (tertiary/aromatic N) is 1. The Balaban J connectivity index is 1.56. The molecule has 1 saturated heterocycles. The van der Waals surface area contributed by atoms with Crippen molar-refractivity contribution >= 4 is 5.91 Å². The van der Waals surface area contributed by atoms with Gasteiger partial charge in [0.15, 0.2) is 0 Å². The monoisotopic (exact) mass is 288 g/mol. The molecule has 1 fully saturated rings. The highest BCUT2D eigenvalue weighted by atomic mass is 16.5. The van der Waals surface area contributed by atoms with E-state index < -0.39 is 0 Å². The quantitative estimate of drug-likeness (QED) is 0.928. The van der Waals surface area contributed by atoms with Crippen molar-refractivity contribution in [1.29, 1.82) is 0 Å². The van der Waals surface area contributed by atoms with Gasteiger partial charge in [0.1, 0.15) is 5.75 Å². The lowest BCUT2D eigenvalue weighted by Crippen LogP contribution is -2.42. The summed E-state index contributed by atoms with van der Waals surface area (Å²) in [5.74, 6) is 1.83. The molecule has 0 bridgehead atoms. The van der Waals surface area contributed by atoms with Crippen molar-refractivity contribution in [3.8, 4) is 5.75 Å². The molecule has 2 aliphatic heterocycles. The summed E-state index contributed by atoms with van der Waals surface area (Å²) in [4.78, 5) is 14.5. The van der Waals surface area contributed by atoms with Crippen molar-refractivity contribution in [2.45, 2.75) is 32.2 Å².